The van der Waals surface area contributed by atoms with E-state index in [2.05, 4.69) is 25.9 Å². The molecule has 2 aromatic rings. The van der Waals surface area contributed by atoms with Crippen molar-refractivity contribution in [3.63, 3.8) is 0 Å². The van der Waals surface area contributed by atoms with Crippen molar-refractivity contribution in [1.29, 1.82) is 0 Å². The zero-order valence-corrected chi connectivity index (χ0v) is 22.9. The Morgan fingerprint density at radius 3 is 2.20 bits per heavy atom. The van der Waals surface area contributed by atoms with E-state index in [4.69, 9.17) is 17.2 Å². The van der Waals surface area contributed by atoms with Gasteiger partial charge in [-0.05, 0) is 30.4 Å². The predicted octanol–water partition coefficient (Wildman–Crippen LogP) is -1.24. The number of fused-ring (bicyclic) bond motifs is 1. The number of carboxylic acids is 2. The fourth-order valence-corrected chi connectivity index (χ4v) is 4.08. The summed E-state index contributed by atoms with van der Waals surface area (Å²) in [5.74, 6) is -5.82. The molecule has 0 spiro atoms. The number of aromatic amines is 1. The van der Waals surface area contributed by atoms with Gasteiger partial charge in [0.1, 0.15) is 18.1 Å². The molecule has 1 aromatic heterocycles. The molecule has 4 unspecified atom stereocenters. The summed E-state index contributed by atoms with van der Waals surface area (Å²) < 4.78 is 0. The third-order valence-electron chi connectivity index (χ3n) is 6.28. The second-order valence-electron chi connectivity index (χ2n) is 9.91. The molecular formula is C26H38N8O7. The van der Waals surface area contributed by atoms with Crippen LogP contribution in [-0.2, 0) is 30.4 Å². The number of carboxylic acid groups (broad SMARTS) is 2. The van der Waals surface area contributed by atoms with Crippen LogP contribution in [0.1, 0.15) is 38.7 Å². The standard InChI is InChI=1S/C26H38N8O7/c1-13(2)21(25(40)41)34-24(39)19(11-20(35)36)33-23(38)18(10-14-12-31-17-8-4-3-6-15(14)17)32-22(37)16(27)7-5-9-30-26(28)29/h3-4,6,8,12-13,16,18-19,21,31H,5,7,9-11,27H2,1-2H3,(H,32,37)(H,33,38)(H,34,39)(H,35,36)(H,40,41)(H4,28,29,30). The first-order valence-corrected chi connectivity index (χ1v) is 13.0. The lowest BCUT2D eigenvalue weighted by atomic mass is 10.0. The van der Waals surface area contributed by atoms with Crippen molar-refractivity contribution in [2.75, 3.05) is 6.54 Å². The summed E-state index contributed by atoms with van der Waals surface area (Å²) in [6.45, 7) is 3.39. The van der Waals surface area contributed by atoms with Crippen molar-refractivity contribution in [3.8, 4) is 0 Å². The van der Waals surface area contributed by atoms with Crippen LogP contribution in [0.2, 0.25) is 0 Å². The van der Waals surface area contributed by atoms with E-state index in [1.165, 1.54) is 0 Å². The molecule has 0 aliphatic rings. The lowest BCUT2D eigenvalue weighted by Gasteiger charge is -2.25. The van der Waals surface area contributed by atoms with Crippen molar-refractivity contribution in [3.05, 3.63) is 36.0 Å². The molecule has 15 nitrogen and oxygen atoms in total. The molecule has 224 valence electrons. The van der Waals surface area contributed by atoms with Gasteiger partial charge in [0.2, 0.25) is 17.7 Å². The third-order valence-corrected chi connectivity index (χ3v) is 6.28. The maximum Gasteiger partial charge on any atom is 0.326 e. The van der Waals surface area contributed by atoms with Crippen LogP contribution in [0.3, 0.4) is 0 Å². The molecule has 0 aliphatic carbocycles. The van der Waals surface area contributed by atoms with Crippen molar-refractivity contribution in [2.45, 2.75) is 63.7 Å². The highest BCUT2D eigenvalue weighted by atomic mass is 16.4. The maximum atomic E-state index is 13.4. The van der Waals surface area contributed by atoms with Gasteiger partial charge in [-0.3, -0.25) is 24.2 Å². The Kier molecular flexibility index (Phi) is 12.1. The van der Waals surface area contributed by atoms with E-state index in [-0.39, 0.29) is 25.3 Å². The first-order chi connectivity index (χ1) is 19.3. The number of rotatable bonds is 16. The first-order valence-electron chi connectivity index (χ1n) is 13.0. The number of guanidine groups is 1. The minimum atomic E-state index is -1.61. The maximum absolute atomic E-state index is 13.4. The van der Waals surface area contributed by atoms with Gasteiger partial charge in [0.15, 0.2) is 5.96 Å². The number of aliphatic carboxylic acids is 2. The van der Waals surface area contributed by atoms with E-state index in [1.54, 1.807) is 26.1 Å². The quantitative estimate of drug-likeness (QED) is 0.0653. The van der Waals surface area contributed by atoms with Crippen LogP contribution in [0, 0.1) is 5.92 Å². The van der Waals surface area contributed by atoms with E-state index in [0.29, 0.717) is 12.0 Å². The molecule has 1 heterocycles. The number of H-pyrrole nitrogens is 1. The van der Waals surface area contributed by atoms with Gasteiger partial charge >= 0.3 is 11.9 Å². The van der Waals surface area contributed by atoms with Gasteiger partial charge in [0, 0.05) is 30.1 Å². The molecule has 3 amide bonds. The fourth-order valence-electron chi connectivity index (χ4n) is 4.08. The van der Waals surface area contributed by atoms with Crippen molar-refractivity contribution in [2.24, 2.45) is 28.1 Å². The number of nitrogens with one attached hydrogen (secondary N) is 4. The Balaban J connectivity index is 2.27. The highest BCUT2D eigenvalue weighted by Crippen LogP contribution is 2.19. The number of hydrogen-bond acceptors (Lipinski definition) is 7. The average Bonchev–Trinajstić information content (AvgIpc) is 3.30. The monoisotopic (exact) mass is 574 g/mol. The minimum absolute atomic E-state index is 0.0204. The number of carbonyl (C=O) groups is 5. The smallest absolute Gasteiger partial charge is 0.326 e. The van der Waals surface area contributed by atoms with Crippen LogP contribution >= 0.6 is 0 Å². The average molecular weight is 575 g/mol. The van der Waals surface area contributed by atoms with Gasteiger partial charge in [0.25, 0.3) is 0 Å². The summed E-state index contributed by atoms with van der Waals surface area (Å²) >= 11 is 0. The summed E-state index contributed by atoms with van der Waals surface area (Å²) in [7, 11) is 0. The molecule has 2 rings (SSSR count). The Hall–Kier alpha value is -4.66. The zero-order valence-electron chi connectivity index (χ0n) is 22.9. The van der Waals surface area contributed by atoms with Crippen LogP contribution < -0.4 is 33.2 Å². The van der Waals surface area contributed by atoms with Gasteiger partial charge in [-0.15, -0.1) is 0 Å². The zero-order chi connectivity index (χ0) is 30.7. The predicted molar refractivity (Wildman–Crippen MR) is 150 cm³/mol. The minimum Gasteiger partial charge on any atom is -0.481 e. The molecule has 0 radical (unpaired) electrons. The number of carbonyl (C=O) groups excluding carboxylic acids is 3. The van der Waals surface area contributed by atoms with Gasteiger partial charge in [-0.2, -0.15) is 0 Å². The van der Waals surface area contributed by atoms with Gasteiger partial charge in [0.05, 0.1) is 12.5 Å². The molecule has 4 atom stereocenters. The topological polar surface area (TPSA) is 268 Å². The molecule has 1 aromatic carbocycles. The summed E-state index contributed by atoms with van der Waals surface area (Å²) in [5.41, 5.74) is 18.1. The SMILES string of the molecule is CC(C)C(NC(=O)C(CC(=O)O)NC(=O)C(Cc1c[nH]c2ccccc12)NC(=O)C(N)CCCN=C(N)N)C(=O)O. The Bertz CT molecular complexity index is 1270. The number of para-hydroxylation sites is 1. The first kappa shape index (κ1) is 32.6. The van der Waals surface area contributed by atoms with E-state index >= 15 is 0 Å². The summed E-state index contributed by atoms with van der Waals surface area (Å²) in [6.07, 6.45) is 1.44. The van der Waals surface area contributed by atoms with Crippen LogP contribution in [-0.4, -0.2) is 81.5 Å². The Labute approximate surface area is 236 Å². The van der Waals surface area contributed by atoms with E-state index in [1.807, 2.05) is 18.2 Å². The second-order valence-corrected chi connectivity index (χ2v) is 9.91. The van der Waals surface area contributed by atoms with Crippen LogP contribution in [0.25, 0.3) is 10.9 Å². The third kappa shape index (κ3) is 10.1. The van der Waals surface area contributed by atoms with E-state index in [0.717, 1.165) is 10.9 Å². The van der Waals surface area contributed by atoms with Crippen LogP contribution in [0.15, 0.2) is 35.5 Å². The molecule has 0 fully saturated rings. The number of amides is 3. The Morgan fingerprint density at radius 1 is 0.951 bits per heavy atom. The lowest BCUT2D eigenvalue weighted by Crippen LogP contribution is -2.58. The normalized spacial score (nSPS) is 14.0. The lowest BCUT2D eigenvalue weighted by molar-refractivity contribution is -0.144. The van der Waals surface area contributed by atoms with Gasteiger partial charge in [-0.1, -0.05) is 32.0 Å². The Morgan fingerprint density at radius 2 is 1.59 bits per heavy atom. The molecular weight excluding hydrogens is 536 g/mol. The number of aromatic nitrogens is 1. The van der Waals surface area contributed by atoms with Gasteiger partial charge in [-0.25, -0.2) is 4.79 Å². The van der Waals surface area contributed by atoms with Crippen LogP contribution in [0.5, 0.6) is 0 Å². The molecule has 0 bridgehead atoms. The highest BCUT2D eigenvalue weighted by Gasteiger charge is 2.33. The summed E-state index contributed by atoms with van der Waals surface area (Å²) in [6, 6.07) is 2.10. The van der Waals surface area contributed by atoms with Crippen molar-refractivity contribution in [1.82, 2.24) is 20.9 Å². The number of aliphatic imine (C=N–C) groups is 1. The van der Waals surface area contributed by atoms with E-state index in [9.17, 15) is 34.2 Å². The number of benzene rings is 1. The molecule has 12 N–H and O–H groups in total. The largest absolute Gasteiger partial charge is 0.481 e. The van der Waals surface area contributed by atoms with E-state index < -0.39 is 66.2 Å². The van der Waals surface area contributed by atoms with Crippen molar-refractivity contribution < 1.29 is 34.2 Å². The molecule has 41 heavy (non-hydrogen) atoms. The number of nitrogens with two attached hydrogens (primary N) is 3. The highest BCUT2D eigenvalue weighted by molar-refractivity contribution is 5.96. The van der Waals surface area contributed by atoms with Crippen LogP contribution in [0.4, 0.5) is 0 Å². The summed E-state index contributed by atoms with van der Waals surface area (Å²) in [5, 5.41) is 26.8. The molecule has 0 aliphatic heterocycles. The molecule has 0 saturated carbocycles. The second kappa shape index (κ2) is 15.2. The summed E-state index contributed by atoms with van der Waals surface area (Å²) in [4.78, 5) is 69.2. The van der Waals surface area contributed by atoms with Gasteiger partial charge < -0.3 is 48.3 Å². The molecule has 15 heteroatoms. The number of hydrogen-bond donors (Lipinski definition) is 9. The molecule has 0 saturated heterocycles. The number of nitrogens with zero attached hydrogens (tertiary/aromatic N) is 1. The van der Waals surface area contributed by atoms with Crippen molar-refractivity contribution >= 4 is 46.5 Å². The fraction of sp³-hybridized carbons (Fsp3) is 0.462.